The van der Waals surface area contributed by atoms with Crippen LogP contribution in [0.1, 0.15) is 30.9 Å². The molecule has 1 unspecified atom stereocenters. The van der Waals surface area contributed by atoms with E-state index in [1.807, 2.05) is 37.3 Å². The molecule has 2 amide bonds. The van der Waals surface area contributed by atoms with E-state index in [1.165, 1.54) is 4.90 Å². The number of hydrogen-bond donors (Lipinski definition) is 3. The molecule has 2 atom stereocenters. The molecule has 2 aromatic rings. The van der Waals surface area contributed by atoms with Crippen LogP contribution in [0.4, 0.5) is 10.5 Å². The van der Waals surface area contributed by atoms with Crippen molar-refractivity contribution >= 4 is 29.5 Å². The standard InChI is InChI=1S/C24H28N4O5/c1-2-3-13-32-23(30)19(14-16-7-5-4-6-8-16)27-22(29)20-15-28(24(31)33-20)18-11-9-17(10-12-18)21(25)26/h4-12,19-20H,2-3,13-15H2,1H3,(H3,25,26)(H,27,29)/t19-,20?/m1/s1. The van der Waals surface area contributed by atoms with Gasteiger partial charge in [-0.3, -0.25) is 15.1 Å². The van der Waals surface area contributed by atoms with E-state index in [0.717, 1.165) is 18.4 Å². The molecule has 0 aliphatic carbocycles. The van der Waals surface area contributed by atoms with Gasteiger partial charge < -0.3 is 20.5 Å². The lowest BCUT2D eigenvalue weighted by Gasteiger charge is -2.19. The fourth-order valence-electron chi connectivity index (χ4n) is 3.36. The van der Waals surface area contributed by atoms with Gasteiger partial charge in [-0.2, -0.15) is 0 Å². The number of unbranched alkanes of at least 4 members (excludes halogenated alkanes) is 1. The zero-order chi connectivity index (χ0) is 23.8. The van der Waals surface area contributed by atoms with Crippen LogP contribution >= 0.6 is 0 Å². The number of benzene rings is 2. The van der Waals surface area contributed by atoms with Gasteiger partial charge in [0.05, 0.1) is 13.2 Å². The maximum absolute atomic E-state index is 12.9. The summed E-state index contributed by atoms with van der Waals surface area (Å²) in [5, 5.41) is 10.1. The maximum Gasteiger partial charge on any atom is 0.415 e. The predicted molar refractivity (Wildman–Crippen MR) is 123 cm³/mol. The second kappa shape index (κ2) is 11.1. The molecular weight excluding hydrogens is 424 g/mol. The third-order valence-corrected chi connectivity index (χ3v) is 5.22. The summed E-state index contributed by atoms with van der Waals surface area (Å²) >= 11 is 0. The lowest BCUT2D eigenvalue weighted by atomic mass is 10.1. The number of nitrogens with one attached hydrogen (secondary N) is 2. The largest absolute Gasteiger partial charge is 0.464 e. The molecule has 174 valence electrons. The number of ether oxygens (including phenoxy) is 2. The number of nitrogen functional groups attached to an aromatic ring is 1. The second-order valence-corrected chi connectivity index (χ2v) is 7.72. The van der Waals surface area contributed by atoms with Crippen LogP contribution < -0.4 is 16.0 Å². The normalized spacial score (nSPS) is 16.1. The highest BCUT2D eigenvalue weighted by Gasteiger charge is 2.38. The first-order valence-electron chi connectivity index (χ1n) is 10.8. The minimum atomic E-state index is -1.08. The van der Waals surface area contributed by atoms with Crippen LogP contribution in [-0.4, -0.2) is 49.1 Å². The number of nitrogens with zero attached hydrogens (tertiary/aromatic N) is 1. The van der Waals surface area contributed by atoms with Gasteiger partial charge in [0, 0.05) is 17.7 Å². The van der Waals surface area contributed by atoms with E-state index in [1.54, 1.807) is 24.3 Å². The minimum absolute atomic E-state index is 0.00692. The van der Waals surface area contributed by atoms with Crippen molar-refractivity contribution in [3.63, 3.8) is 0 Å². The Kier molecular flexibility index (Phi) is 8.01. The van der Waals surface area contributed by atoms with Gasteiger partial charge in [0.25, 0.3) is 5.91 Å². The number of amides is 2. The number of nitrogens with two attached hydrogens (primary N) is 1. The summed E-state index contributed by atoms with van der Waals surface area (Å²) in [7, 11) is 0. The molecule has 0 spiro atoms. The molecule has 1 aliphatic heterocycles. The molecule has 1 heterocycles. The van der Waals surface area contributed by atoms with Gasteiger partial charge in [-0.05, 0) is 36.2 Å². The Morgan fingerprint density at radius 1 is 1.21 bits per heavy atom. The molecule has 0 saturated carbocycles. The number of carbonyl (C=O) groups excluding carboxylic acids is 3. The topological polar surface area (TPSA) is 135 Å². The molecule has 4 N–H and O–H groups in total. The van der Waals surface area contributed by atoms with E-state index in [2.05, 4.69) is 5.32 Å². The first kappa shape index (κ1) is 23.8. The Balaban J connectivity index is 1.67. The third-order valence-electron chi connectivity index (χ3n) is 5.22. The number of esters is 1. The quantitative estimate of drug-likeness (QED) is 0.219. The van der Waals surface area contributed by atoms with E-state index in [4.69, 9.17) is 20.6 Å². The highest BCUT2D eigenvalue weighted by Crippen LogP contribution is 2.22. The summed E-state index contributed by atoms with van der Waals surface area (Å²) in [6, 6.07) is 14.9. The van der Waals surface area contributed by atoms with Gasteiger partial charge in [0.2, 0.25) is 0 Å². The SMILES string of the molecule is CCCCOC(=O)[C@@H](Cc1ccccc1)NC(=O)C1CN(c2ccc(C(=N)N)cc2)C(=O)O1. The van der Waals surface area contributed by atoms with Crippen molar-refractivity contribution in [2.75, 3.05) is 18.1 Å². The summed E-state index contributed by atoms with van der Waals surface area (Å²) in [6.07, 6.45) is 0.121. The molecule has 9 heteroatoms. The zero-order valence-corrected chi connectivity index (χ0v) is 18.5. The van der Waals surface area contributed by atoms with Crippen LogP contribution in [0.15, 0.2) is 54.6 Å². The van der Waals surface area contributed by atoms with Crippen molar-refractivity contribution in [2.24, 2.45) is 5.73 Å². The van der Waals surface area contributed by atoms with Gasteiger partial charge in [0.15, 0.2) is 6.10 Å². The van der Waals surface area contributed by atoms with Crippen molar-refractivity contribution < 1.29 is 23.9 Å². The molecule has 0 bridgehead atoms. The van der Waals surface area contributed by atoms with Gasteiger partial charge in [0.1, 0.15) is 11.9 Å². The molecule has 0 aromatic heterocycles. The highest BCUT2D eigenvalue weighted by atomic mass is 16.6. The number of amidine groups is 1. The number of cyclic esters (lactones) is 1. The fourth-order valence-corrected chi connectivity index (χ4v) is 3.36. The molecule has 1 saturated heterocycles. The van der Waals surface area contributed by atoms with Crippen molar-refractivity contribution in [3.8, 4) is 0 Å². The molecule has 9 nitrogen and oxygen atoms in total. The summed E-state index contributed by atoms with van der Waals surface area (Å²) < 4.78 is 10.6. The Hall–Kier alpha value is -3.88. The predicted octanol–water partition coefficient (Wildman–Crippen LogP) is 2.37. The number of anilines is 1. The van der Waals surface area contributed by atoms with Crippen LogP contribution in [0.3, 0.4) is 0 Å². The summed E-state index contributed by atoms with van der Waals surface area (Å²) in [5.41, 5.74) is 7.36. The maximum atomic E-state index is 12.9. The molecule has 33 heavy (non-hydrogen) atoms. The number of hydrogen-bond acceptors (Lipinski definition) is 6. The fraction of sp³-hybridized carbons (Fsp3) is 0.333. The summed E-state index contributed by atoms with van der Waals surface area (Å²) in [4.78, 5) is 39.2. The number of carbonyl (C=O) groups is 3. The van der Waals surface area contributed by atoms with Crippen LogP contribution in [0.2, 0.25) is 0 Å². The molecule has 0 radical (unpaired) electrons. The van der Waals surface area contributed by atoms with Crippen molar-refractivity contribution in [1.29, 1.82) is 5.41 Å². The van der Waals surface area contributed by atoms with Crippen LogP contribution in [0.25, 0.3) is 0 Å². The summed E-state index contributed by atoms with van der Waals surface area (Å²) in [6.45, 7) is 2.26. The minimum Gasteiger partial charge on any atom is -0.464 e. The average Bonchev–Trinajstić information content (AvgIpc) is 3.21. The molecule has 3 rings (SSSR count). The van der Waals surface area contributed by atoms with Crippen molar-refractivity contribution in [3.05, 3.63) is 65.7 Å². The van der Waals surface area contributed by atoms with Crippen LogP contribution in [-0.2, 0) is 25.5 Å². The number of rotatable bonds is 10. The van der Waals surface area contributed by atoms with Gasteiger partial charge in [-0.1, -0.05) is 43.7 Å². The molecule has 2 aromatic carbocycles. The third kappa shape index (κ3) is 6.31. The van der Waals surface area contributed by atoms with E-state index in [-0.39, 0.29) is 25.4 Å². The Bertz CT molecular complexity index is 994. The van der Waals surface area contributed by atoms with Crippen LogP contribution in [0.5, 0.6) is 0 Å². The average molecular weight is 453 g/mol. The van der Waals surface area contributed by atoms with Gasteiger partial charge in [-0.15, -0.1) is 0 Å². The molecule has 1 aliphatic rings. The first-order chi connectivity index (χ1) is 15.9. The lowest BCUT2D eigenvalue weighted by molar-refractivity contribution is -0.148. The van der Waals surface area contributed by atoms with Gasteiger partial charge >= 0.3 is 12.1 Å². The van der Waals surface area contributed by atoms with E-state index >= 15 is 0 Å². The smallest absolute Gasteiger partial charge is 0.415 e. The zero-order valence-electron chi connectivity index (χ0n) is 18.5. The molecular formula is C24H28N4O5. The Morgan fingerprint density at radius 3 is 2.55 bits per heavy atom. The van der Waals surface area contributed by atoms with E-state index in [9.17, 15) is 14.4 Å². The van der Waals surface area contributed by atoms with Crippen LogP contribution in [0, 0.1) is 5.41 Å². The summed E-state index contributed by atoms with van der Waals surface area (Å²) in [5.74, 6) is -1.18. The molecule has 1 fully saturated rings. The van der Waals surface area contributed by atoms with E-state index < -0.39 is 30.1 Å². The monoisotopic (exact) mass is 452 g/mol. The van der Waals surface area contributed by atoms with Crippen molar-refractivity contribution in [1.82, 2.24) is 5.32 Å². The van der Waals surface area contributed by atoms with E-state index in [0.29, 0.717) is 11.3 Å². The van der Waals surface area contributed by atoms with Crippen molar-refractivity contribution in [2.45, 2.75) is 38.3 Å². The highest BCUT2D eigenvalue weighted by molar-refractivity contribution is 5.98. The Labute approximate surface area is 192 Å². The second-order valence-electron chi connectivity index (χ2n) is 7.72. The lowest BCUT2D eigenvalue weighted by Crippen LogP contribution is -2.48. The van der Waals surface area contributed by atoms with Gasteiger partial charge in [-0.25, -0.2) is 9.59 Å². The Morgan fingerprint density at radius 2 is 1.91 bits per heavy atom. The first-order valence-corrected chi connectivity index (χ1v) is 10.8.